The quantitative estimate of drug-likeness (QED) is 0.750. The van der Waals surface area contributed by atoms with Crippen LogP contribution < -0.4 is 10.6 Å². The van der Waals surface area contributed by atoms with E-state index < -0.39 is 11.2 Å². The molecular formula is C17H33N3O4. The van der Waals surface area contributed by atoms with Crippen molar-refractivity contribution >= 4 is 12.2 Å². The summed E-state index contributed by atoms with van der Waals surface area (Å²) < 4.78 is 10.5. The fourth-order valence-electron chi connectivity index (χ4n) is 2.32. The van der Waals surface area contributed by atoms with E-state index >= 15 is 0 Å². The minimum absolute atomic E-state index is 0.251. The zero-order chi connectivity index (χ0) is 18.4. The van der Waals surface area contributed by atoms with Crippen molar-refractivity contribution in [3.05, 3.63) is 0 Å². The molecule has 7 nitrogen and oxygen atoms in total. The van der Waals surface area contributed by atoms with Gasteiger partial charge in [0.1, 0.15) is 11.2 Å². The van der Waals surface area contributed by atoms with Gasteiger partial charge in [-0.15, -0.1) is 0 Å². The number of carbonyl (C=O) groups is 2. The number of carbonyl (C=O) groups excluding carboxylic acids is 2. The number of hydrogen-bond donors (Lipinski definition) is 2. The van der Waals surface area contributed by atoms with Crippen LogP contribution in [0.4, 0.5) is 9.59 Å². The molecule has 2 N–H and O–H groups in total. The Morgan fingerprint density at radius 1 is 1.04 bits per heavy atom. The molecule has 0 radical (unpaired) electrons. The van der Waals surface area contributed by atoms with Crippen LogP contribution in [0.5, 0.6) is 0 Å². The zero-order valence-corrected chi connectivity index (χ0v) is 15.9. The molecule has 1 heterocycles. The van der Waals surface area contributed by atoms with Gasteiger partial charge in [-0.3, -0.25) is 0 Å². The van der Waals surface area contributed by atoms with Crippen LogP contribution in [0.15, 0.2) is 0 Å². The molecular weight excluding hydrogens is 310 g/mol. The van der Waals surface area contributed by atoms with Gasteiger partial charge in [-0.1, -0.05) is 0 Å². The van der Waals surface area contributed by atoms with Gasteiger partial charge in [-0.25, -0.2) is 9.59 Å². The topological polar surface area (TPSA) is 79.9 Å². The van der Waals surface area contributed by atoms with E-state index in [2.05, 4.69) is 10.6 Å². The van der Waals surface area contributed by atoms with Crippen molar-refractivity contribution in [2.24, 2.45) is 0 Å². The zero-order valence-electron chi connectivity index (χ0n) is 15.9. The van der Waals surface area contributed by atoms with Gasteiger partial charge >= 0.3 is 12.2 Å². The predicted molar refractivity (Wildman–Crippen MR) is 93.1 cm³/mol. The van der Waals surface area contributed by atoms with E-state index in [0.29, 0.717) is 19.6 Å². The summed E-state index contributed by atoms with van der Waals surface area (Å²) in [6.07, 6.45) is 1.08. The van der Waals surface area contributed by atoms with Crippen molar-refractivity contribution in [1.29, 1.82) is 0 Å². The highest BCUT2D eigenvalue weighted by Gasteiger charge is 2.29. The molecule has 2 amide bonds. The Kier molecular flexibility index (Phi) is 7.32. The van der Waals surface area contributed by atoms with Gasteiger partial charge in [-0.2, -0.15) is 0 Å². The maximum absolute atomic E-state index is 12.0. The van der Waals surface area contributed by atoms with Crippen LogP contribution in [0, 0.1) is 0 Å². The summed E-state index contributed by atoms with van der Waals surface area (Å²) in [6.45, 7) is 13.8. The molecule has 1 aliphatic heterocycles. The minimum Gasteiger partial charge on any atom is -0.444 e. The minimum atomic E-state index is -0.475. The van der Waals surface area contributed by atoms with Gasteiger partial charge in [0.15, 0.2) is 0 Å². The van der Waals surface area contributed by atoms with Crippen LogP contribution in [-0.4, -0.2) is 60.5 Å². The highest BCUT2D eigenvalue weighted by Crippen LogP contribution is 2.15. The molecule has 140 valence electrons. The third kappa shape index (κ3) is 8.96. The van der Waals surface area contributed by atoms with Crippen LogP contribution in [0.1, 0.15) is 54.4 Å². The molecule has 24 heavy (non-hydrogen) atoms. The third-order valence-corrected chi connectivity index (χ3v) is 3.29. The van der Waals surface area contributed by atoms with Crippen LogP contribution in [-0.2, 0) is 9.47 Å². The van der Waals surface area contributed by atoms with E-state index in [-0.39, 0.29) is 18.2 Å². The number of alkyl carbamates (subject to hydrolysis) is 1. The Bertz CT molecular complexity index is 427. The summed E-state index contributed by atoms with van der Waals surface area (Å²) in [5, 5.41) is 6.14. The van der Waals surface area contributed by atoms with Crippen molar-refractivity contribution in [3.8, 4) is 0 Å². The maximum Gasteiger partial charge on any atom is 0.410 e. The lowest BCUT2D eigenvalue weighted by atomic mass is 10.2. The third-order valence-electron chi connectivity index (χ3n) is 3.29. The summed E-state index contributed by atoms with van der Waals surface area (Å²) in [6, 6.07) is 0.277. The van der Waals surface area contributed by atoms with Gasteiger partial charge in [0.05, 0.1) is 0 Å². The molecule has 1 fully saturated rings. The Hall–Kier alpha value is -1.50. The Labute approximate surface area is 145 Å². The van der Waals surface area contributed by atoms with Crippen molar-refractivity contribution in [1.82, 2.24) is 15.5 Å². The van der Waals surface area contributed by atoms with Gasteiger partial charge in [0, 0.05) is 25.7 Å². The standard InChI is InChI=1S/C17H33N3O4/c1-16(2,3)23-14(21)19-10-7-9-18-13-8-11-20(12-13)15(22)24-17(4,5)6/h13,18H,7-12H2,1-6H3,(H,19,21). The van der Waals surface area contributed by atoms with Crippen molar-refractivity contribution in [2.45, 2.75) is 71.6 Å². The number of amides is 2. The van der Waals surface area contributed by atoms with Crippen molar-refractivity contribution < 1.29 is 19.1 Å². The number of ether oxygens (including phenoxy) is 2. The molecule has 0 aromatic heterocycles. The van der Waals surface area contributed by atoms with E-state index in [1.54, 1.807) is 4.90 Å². The van der Waals surface area contributed by atoms with Crippen LogP contribution in [0.2, 0.25) is 0 Å². The van der Waals surface area contributed by atoms with E-state index in [1.165, 1.54) is 0 Å². The lowest BCUT2D eigenvalue weighted by Gasteiger charge is -2.24. The molecule has 0 aromatic carbocycles. The second-order valence-corrected chi connectivity index (χ2v) is 8.15. The van der Waals surface area contributed by atoms with Crippen LogP contribution >= 0.6 is 0 Å². The second-order valence-electron chi connectivity index (χ2n) is 8.15. The molecule has 0 saturated carbocycles. The van der Waals surface area contributed by atoms with Gasteiger partial charge in [0.2, 0.25) is 0 Å². The van der Waals surface area contributed by atoms with Gasteiger partial charge in [0.25, 0.3) is 0 Å². The van der Waals surface area contributed by atoms with E-state index in [9.17, 15) is 9.59 Å². The summed E-state index contributed by atoms with van der Waals surface area (Å²) in [5.74, 6) is 0. The Morgan fingerprint density at radius 3 is 2.25 bits per heavy atom. The number of hydrogen-bond acceptors (Lipinski definition) is 5. The fourth-order valence-corrected chi connectivity index (χ4v) is 2.32. The van der Waals surface area contributed by atoms with Gasteiger partial charge in [-0.05, 0) is 60.9 Å². The molecule has 0 spiro atoms. The van der Waals surface area contributed by atoms with E-state index in [4.69, 9.17) is 9.47 Å². The number of nitrogens with one attached hydrogen (secondary N) is 2. The largest absolute Gasteiger partial charge is 0.444 e. The number of rotatable bonds is 5. The maximum atomic E-state index is 12.0. The number of nitrogens with zero attached hydrogens (tertiary/aromatic N) is 1. The van der Waals surface area contributed by atoms with E-state index in [0.717, 1.165) is 19.4 Å². The molecule has 1 rings (SSSR count). The van der Waals surface area contributed by atoms with Crippen LogP contribution in [0.3, 0.4) is 0 Å². The molecule has 7 heteroatoms. The number of likely N-dealkylation sites (tertiary alicyclic amines) is 1. The Morgan fingerprint density at radius 2 is 1.67 bits per heavy atom. The first-order valence-electron chi connectivity index (χ1n) is 8.64. The smallest absolute Gasteiger partial charge is 0.410 e. The monoisotopic (exact) mass is 343 g/mol. The molecule has 1 atom stereocenters. The van der Waals surface area contributed by atoms with E-state index in [1.807, 2.05) is 41.5 Å². The van der Waals surface area contributed by atoms with Gasteiger partial charge < -0.3 is 25.0 Å². The van der Waals surface area contributed by atoms with Crippen LogP contribution in [0.25, 0.3) is 0 Å². The summed E-state index contributed by atoms with van der Waals surface area (Å²) in [7, 11) is 0. The normalized spacial score (nSPS) is 18.4. The average molecular weight is 343 g/mol. The first-order chi connectivity index (χ1) is 11.0. The predicted octanol–water partition coefficient (Wildman–Crippen LogP) is 2.50. The van der Waals surface area contributed by atoms with Crippen molar-refractivity contribution in [3.63, 3.8) is 0 Å². The highest BCUT2D eigenvalue weighted by molar-refractivity contribution is 5.68. The molecule has 1 saturated heterocycles. The fraction of sp³-hybridized carbons (Fsp3) is 0.882. The summed E-state index contributed by atoms with van der Waals surface area (Å²) >= 11 is 0. The molecule has 0 aliphatic carbocycles. The second kappa shape index (κ2) is 8.55. The Balaban J connectivity index is 2.13. The first-order valence-corrected chi connectivity index (χ1v) is 8.64. The highest BCUT2D eigenvalue weighted by atomic mass is 16.6. The average Bonchev–Trinajstić information content (AvgIpc) is 2.83. The first kappa shape index (κ1) is 20.5. The molecule has 1 unspecified atom stereocenters. The molecule has 0 aromatic rings. The summed E-state index contributed by atoms with van der Waals surface area (Å²) in [5.41, 5.74) is -0.937. The lowest BCUT2D eigenvalue weighted by Crippen LogP contribution is -2.39. The summed E-state index contributed by atoms with van der Waals surface area (Å²) in [4.78, 5) is 25.2. The molecule has 1 aliphatic rings. The SMILES string of the molecule is CC(C)(C)OC(=O)NCCCNC1CCN(C(=O)OC(C)(C)C)C1. The van der Waals surface area contributed by atoms with Crippen molar-refractivity contribution in [2.75, 3.05) is 26.2 Å². The lowest BCUT2D eigenvalue weighted by molar-refractivity contribution is 0.0290. The molecule has 0 bridgehead atoms.